The van der Waals surface area contributed by atoms with Crippen molar-refractivity contribution in [3.05, 3.63) is 53.9 Å². The summed E-state index contributed by atoms with van der Waals surface area (Å²) in [4.78, 5) is 32.0. The average Bonchev–Trinajstić information content (AvgIpc) is 3.31. The summed E-state index contributed by atoms with van der Waals surface area (Å²) >= 11 is 0. The zero-order valence-electron chi connectivity index (χ0n) is 20.1. The van der Waals surface area contributed by atoms with Crippen molar-refractivity contribution in [3.63, 3.8) is 0 Å². The molecule has 192 valence electrons. The second-order valence-electron chi connectivity index (χ2n) is 9.88. The highest BCUT2D eigenvalue weighted by Crippen LogP contribution is 2.34. The largest absolute Gasteiger partial charge is 0.573 e. The van der Waals surface area contributed by atoms with Crippen molar-refractivity contribution in [3.8, 4) is 5.75 Å². The molecule has 0 unspecified atom stereocenters. The molecule has 1 aliphatic rings. The van der Waals surface area contributed by atoms with Crippen molar-refractivity contribution >= 4 is 23.3 Å². The molecule has 1 aliphatic heterocycles. The van der Waals surface area contributed by atoms with Crippen molar-refractivity contribution < 1.29 is 32.6 Å². The molecule has 0 saturated carbocycles. The average molecular weight is 505 g/mol. The lowest BCUT2D eigenvalue weighted by atomic mass is 9.91. The van der Waals surface area contributed by atoms with Crippen LogP contribution in [0.3, 0.4) is 0 Å². The first kappa shape index (κ1) is 25.4. The number of amides is 2. The Labute approximate surface area is 204 Å². The number of hydrogen-bond acceptors (Lipinski definition) is 6. The number of hydrogen-bond donors (Lipinski definition) is 2. The summed E-state index contributed by atoms with van der Waals surface area (Å²) in [5.41, 5.74) is -1.30. The van der Waals surface area contributed by atoms with Crippen LogP contribution >= 0.6 is 0 Å². The van der Waals surface area contributed by atoms with Crippen molar-refractivity contribution in [1.29, 1.82) is 0 Å². The Morgan fingerprint density at radius 2 is 1.86 bits per heavy atom. The van der Waals surface area contributed by atoms with Gasteiger partial charge in [0.05, 0.1) is 17.8 Å². The van der Waals surface area contributed by atoms with Gasteiger partial charge < -0.3 is 15.2 Å². The standard InChI is InChI=1S/C24H26F3N5O4/c1-22(2)10-12-31(21(22)34)17-9-11-32-19(29-17)16(13-28-32)20(33)30-18(23(3,4)35)14-5-7-15(8-6-14)36-24(25,26)27/h5-9,11,13,18,35H,10,12H2,1-4H3,(H,30,33)/t18-/m0/s1. The molecule has 0 bridgehead atoms. The van der Waals surface area contributed by atoms with Crippen LogP contribution in [0.5, 0.6) is 5.75 Å². The smallest absolute Gasteiger partial charge is 0.406 e. The van der Waals surface area contributed by atoms with E-state index in [2.05, 4.69) is 20.1 Å². The molecule has 1 fully saturated rings. The van der Waals surface area contributed by atoms with E-state index >= 15 is 0 Å². The molecule has 12 heteroatoms. The van der Waals surface area contributed by atoms with E-state index in [1.54, 1.807) is 17.2 Å². The van der Waals surface area contributed by atoms with Gasteiger partial charge in [0, 0.05) is 18.2 Å². The van der Waals surface area contributed by atoms with E-state index in [4.69, 9.17) is 0 Å². The first-order valence-electron chi connectivity index (χ1n) is 11.2. The second kappa shape index (κ2) is 8.77. The Hall–Kier alpha value is -3.67. The quantitative estimate of drug-likeness (QED) is 0.530. The minimum absolute atomic E-state index is 0.0649. The Bertz CT molecular complexity index is 1300. The van der Waals surface area contributed by atoms with Crippen molar-refractivity contribution in [1.82, 2.24) is 19.9 Å². The van der Waals surface area contributed by atoms with Gasteiger partial charge >= 0.3 is 6.36 Å². The number of carbonyl (C=O) groups is 2. The maximum absolute atomic E-state index is 13.2. The maximum Gasteiger partial charge on any atom is 0.573 e. The summed E-state index contributed by atoms with van der Waals surface area (Å²) in [5, 5.41) is 17.6. The van der Waals surface area contributed by atoms with Crippen molar-refractivity contribution in [2.24, 2.45) is 5.41 Å². The fourth-order valence-corrected chi connectivity index (χ4v) is 4.09. The van der Waals surface area contributed by atoms with Crippen LogP contribution in [-0.2, 0) is 4.79 Å². The molecule has 4 rings (SSSR count). The predicted octanol–water partition coefficient (Wildman–Crippen LogP) is 3.63. The van der Waals surface area contributed by atoms with E-state index in [-0.39, 0.29) is 17.1 Å². The van der Waals surface area contributed by atoms with Gasteiger partial charge in [-0.25, -0.2) is 9.50 Å². The summed E-state index contributed by atoms with van der Waals surface area (Å²) in [6.45, 7) is 7.16. The van der Waals surface area contributed by atoms with Crippen LogP contribution < -0.4 is 15.0 Å². The highest BCUT2D eigenvalue weighted by atomic mass is 19.4. The van der Waals surface area contributed by atoms with Crippen molar-refractivity contribution in [2.45, 2.75) is 52.1 Å². The lowest BCUT2D eigenvalue weighted by Gasteiger charge is -2.30. The SMILES string of the molecule is CC1(C)CCN(c2ccn3ncc(C(=O)N[C@@H](c4ccc(OC(F)(F)F)cc4)C(C)(C)O)c3n2)C1=O. The third-order valence-corrected chi connectivity index (χ3v) is 6.09. The summed E-state index contributed by atoms with van der Waals surface area (Å²) in [6.07, 6.45) is -1.25. The third kappa shape index (κ3) is 5.13. The van der Waals surface area contributed by atoms with E-state index < -0.39 is 35.1 Å². The Balaban J connectivity index is 1.61. The van der Waals surface area contributed by atoms with Gasteiger partial charge in [-0.1, -0.05) is 26.0 Å². The summed E-state index contributed by atoms with van der Waals surface area (Å²) in [7, 11) is 0. The lowest BCUT2D eigenvalue weighted by molar-refractivity contribution is -0.274. The first-order chi connectivity index (χ1) is 16.7. The number of nitrogens with zero attached hydrogens (tertiary/aromatic N) is 4. The minimum Gasteiger partial charge on any atom is -0.406 e. The number of benzene rings is 1. The fourth-order valence-electron chi connectivity index (χ4n) is 4.09. The predicted molar refractivity (Wildman–Crippen MR) is 123 cm³/mol. The molecule has 1 saturated heterocycles. The van der Waals surface area contributed by atoms with Gasteiger partial charge in [-0.05, 0) is 44.0 Å². The molecule has 0 aliphatic carbocycles. The molecule has 1 atom stereocenters. The number of fused-ring (bicyclic) bond motifs is 1. The number of nitrogens with one attached hydrogen (secondary N) is 1. The molecule has 9 nitrogen and oxygen atoms in total. The molecule has 2 amide bonds. The van der Waals surface area contributed by atoms with Crippen LogP contribution in [0.4, 0.5) is 19.0 Å². The number of ether oxygens (including phenoxy) is 1. The molecule has 0 spiro atoms. The summed E-state index contributed by atoms with van der Waals surface area (Å²) in [5.74, 6) is -0.701. The topological polar surface area (TPSA) is 109 Å². The highest BCUT2D eigenvalue weighted by Gasteiger charge is 2.40. The van der Waals surface area contributed by atoms with Crippen molar-refractivity contribution in [2.75, 3.05) is 11.4 Å². The lowest BCUT2D eigenvalue weighted by Crippen LogP contribution is -2.42. The van der Waals surface area contributed by atoms with Crippen LogP contribution in [0, 0.1) is 5.41 Å². The molecule has 3 heterocycles. The number of alkyl halides is 3. The number of carbonyl (C=O) groups excluding carboxylic acids is 2. The molecule has 0 radical (unpaired) electrons. The highest BCUT2D eigenvalue weighted by molar-refractivity contribution is 6.01. The van der Waals surface area contributed by atoms with E-state index in [1.807, 2.05) is 13.8 Å². The normalized spacial score (nSPS) is 16.9. The molecule has 36 heavy (non-hydrogen) atoms. The monoisotopic (exact) mass is 505 g/mol. The van der Waals surface area contributed by atoms with Gasteiger partial charge in [-0.15, -0.1) is 13.2 Å². The number of halogens is 3. The maximum atomic E-state index is 13.2. The number of aliphatic hydroxyl groups is 1. The summed E-state index contributed by atoms with van der Waals surface area (Å²) < 4.78 is 42.7. The van der Waals surface area contributed by atoms with Gasteiger partial charge in [0.2, 0.25) is 5.91 Å². The van der Waals surface area contributed by atoms with E-state index in [0.29, 0.717) is 24.3 Å². The van der Waals surface area contributed by atoms with Crippen LogP contribution in [0.2, 0.25) is 0 Å². The van der Waals surface area contributed by atoms with Crippen LogP contribution in [0.15, 0.2) is 42.7 Å². The zero-order valence-corrected chi connectivity index (χ0v) is 20.1. The van der Waals surface area contributed by atoms with Crippen LogP contribution in [0.25, 0.3) is 5.65 Å². The van der Waals surface area contributed by atoms with Crippen LogP contribution in [-0.4, -0.2) is 50.0 Å². The molecule has 3 aromatic rings. The fraction of sp³-hybridized carbons (Fsp3) is 0.417. The molecule has 1 aromatic carbocycles. The van der Waals surface area contributed by atoms with Gasteiger partial charge in [0.25, 0.3) is 5.91 Å². The Kier molecular flexibility index (Phi) is 6.19. The number of rotatable bonds is 6. The molecule has 2 aromatic heterocycles. The van der Waals surface area contributed by atoms with E-state index in [9.17, 15) is 27.9 Å². The van der Waals surface area contributed by atoms with E-state index in [0.717, 1.165) is 12.1 Å². The summed E-state index contributed by atoms with van der Waals surface area (Å²) in [6, 6.07) is 5.53. The minimum atomic E-state index is -4.84. The Morgan fingerprint density at radius 1 is 1.19 bits per heavy atom. The van der Waals surface area contributed by atoms with E-state index in [1.165, 1.54) is 36.7 Å². The van der Waals surface area contributed by atoms with Crippen LogP contribution in [0.1, 0.15) is 56.1 Å². The molecular weight excluding hydrogens is 479 g/mol. The van der Waals surface area contributed by atoms with Gasteiger partial charge in [0.15, 0.2) is 5.65 Å². The number of aromatic nitrogens is 3. The molecular formula is C24H26F3N5O4. The van der Waals surface area contributed by atoms with Gasteiger partial charge in [-0.2, -0.15) is 5.10 Å². The molecule has 2 N–H and O–H groups in total. The Morgan fingerprint density at radius 3 is 2.42 bits per heavy atom. The second-order valence-corrected chi connectivity index (χ2v) is 9.88. The van der Waals surface area contributed by atoms with Gasteiger partial charge in [-0.3, -0.25) is 14.5 Å². The van der Waals surface area contributed by atoms with Gasteiger partial charge in [0.1, 0.15) is 17.1 Å². The number of anilines is 1. The zero-order chi connectivity index (χ0) is 26.5. The third-order valence-electron chi connectivity index (χ3n) is 6.09. The first-order valence-corrected chi connectivity index (χ1v) is 11.2.